The van der Waals surface area contributed by atoms with E-state index in [0.717, 1.165) is 34.3 Å². The Kier molecular flexibility index (Phi) is 6.68. The van der Waals surface area contributed by atoms with Crippen molar-refractivity contribution in [2.24, 2.45) is 13.0 Å². The molecule has 0 saturated carbocycles. The van der Waals surface area contributed by atoms with E-state index in [4.69, 9.17) is 0 Å². The Bertz CT molecular complexity index is 1540. The van der Waals surface area contributed by atoms with Crippen molar-refractivity contribution in [1.29, 1.82) is 0 Å². The van der Waals surface area contributed by atoms with Gasteiger partial charge in [0.05, 0.1) is 29.3 Å². The molecule has 0 radical (unpaired) electrons. The molecule has 1 atom stereocenters. The van der Waals surface area contributed by atoms with Gasteiger partial charge in [0.25, 0.3) is 0 Å². The molecule has 1 saturated heterocycles. The van der Waals surface area contributed by atoms with Crippen LogP contribution in [0, 0.1) is 25.6 Å². The predicted molar refractivity (Wildman–Crippen MR) is 142 cm³/mol. The monoisotopic (exact) mass is 524 g/mol. The highest BCUT2D eigenvalue weighted by atomic mass is 32.2. The third-order valence-corrected chi connectivity index (χ3v) is 9.22. The zero-order valence-electron chi connectivity index (χ0n) is 21.9. The van der Waals surface area contributed by atoms with Gasteiger partial charge in [-0.2, -0.15) is 14.5 Å². The Hall–Kier alpha value is -3.08. The van der Waals surface area contributed by atoms with Crippen LogP contribution in [0.5, 0.6) is 0 Å². The summed E-state index contributed by atoms with van der Waals surface area (Å²) in [6.45, 7) is 10.5. The standard InChI is InChI=1S/C27H33FN6O2S/c1-18(2)16-32-10-11-33(37(35,36)27-15-29-31(5)20(27)4)17-26(32)24-13-21-14-30-34(25(21)12-19(24)3)23-8-6-22(28)7-9-23/h6-9,12-15,18,26H,10-11,16-17H2,1-5H3/t26-/m1/s1. The first-order valence-corrected chi connectivity index (χ1v) is 14.0. The van der Waals surface area contributed by atoms with Crippen LogP contribution >= 0.6 is 0 Å². The molecule has 5 rings (SSSR count). The minimum Gasteiger partial charge on any atom is -0.293 e. The van der Waals surface area contributed by atoms with E-state index in [1.807, 2.05) is 6.20 Å². The first-order chi connectivity index (χ1) is 17.6. The Morgan fingerprint density at radius 2 is 1.78 bits per heavy atom. The maximum absolute atomic E-state index is 13.6. The highest BCUT2D eigenvalue weighted by molar-refractivity contribution is 7.89. The van der Waals surface area contributed by atoms with Crippen molar-refractivity contribution in [1.82, 2.24) is 28.8 Å². The fourth-order valence-electron chi connectivity index (χ4n) is 5.21. The van der Waals surface area contributed by atoms with Gasteiger partial charge < -0.3 is 0 Å². The molecule has 4 aromatic rings. The van der Waals surface area contributed by atoms with Crippen molar-refractivity contribution >= 4 is 20.9 Å². The van der Waals surface area contributed by atoms with Crippen LogP contribution in [0.25, 0.3) is 16.6 Å². The van der Waals surface area contributed by atoms with E-state index in [-0.39, 0.29) is 16.8 Å². The zero-order chi connectivity index (χ0) is 26.5. The lowest BCUT2D eigenvalue weighted by molar-refractivity contribution is 0.105. The predicted octanol–water partition coefficient (Wildman–Crippen LogP) is 4.22. The van der Waals surface area contributed by atoms with Crippen LogP contribution in [0.4, 0.5) is 4.39 Å². The average molecular weight is 525 g/mol. The number of benzene rings is 2. The summed E-state index contributed by atoms with van der Waals surface area (Å²) in [5.74, 6) is 0.152. The molecule has 3 heterocycles. The van der Waals surface area contributed by atoms with Gasteiger partial charge in [-0.25, -0.2) is 17.5 Å². The Morgan fingerprint density at radius 3 is 2.43 bits per heavy atom. The summed E-state index contributed by atoms with van der Waals surface area (Å²) in [4.78, 5) is 2.66. The quantitative estimate of drug-likeness (QED) is 0.378. The summed E-state index contributed by atoms with van der Waals surface area (Å²) < 4.78 is 45.7. The largest absolute Gasteiger partial charge is 0.293 e. The van der Waals surface area contributed by atoms with Crippen molar-refractivity contribution in [2.75, 3.05) is 26.2 Å². The molecule has 0 aliphatic carbocycles. The van der Waals surface area contributed by atoms with Crippen LogP contribution in [0.2, 0.25) is 0 Å². The zero-order valence-corrected chi connectivity index (χ0v) is 22.7. The lowest BCUT2D eigenvalue weighted by Gasteiger charge is -2.42. The molecule has 196 valence electrons. The van der Waals surface area contributed by atoms with E-state index in [1.54, 1.807) is 39.8 Å². The number of aryl methyl sites for hydroxylation is 2. The molecule has 2 aromatic heterocycles. The molecule has 0 bridgehead atoms. The number of hydrogen-bond donors (Lipinski definition) is 0. The van der Waals surface area contributed by atoms with E-state index in [0.29, 0.717) is 31.2 Å². The van der Waals surface area contributed by atoms with Crippen molar-refractivity contribution in [3.63, 3.8) is 0 Å². The number of sulfonamides is 1. The smallest absolute Gasteiger partial charge is 0.246 e. The van der Waals surface area contributed by atoms with E-state index in [2.05, 4.69) is 48.0 Å². The SMILES string of the molecule is Cc1cc2c(cnn2-c2ccc(F)cc2)cc1[C@H]1CN(S(=O)(=O)c2cnn(C)c2C)CCN1CC(C)C. The highest BCUT2D eigenvalue weighted by Gasteiger charge is 2.37. The van der Waals surface area contributed by atoms with Gasteiger partial charge in [0.15, 0.2) is 0 Å². The van der Waals surface area contributed by atoms with Crippen LogP contribution in [-0.4, -0.2) is 63.4 Å². The number of hydrogen-bond acceptors (Lipinski definition) is 5. The number of rotatable bonds is 6. The summed E-state index contributed by atoms with van der Waals surface area (Å²) in [5, 5.41) is 9.68. The number of aromatic nitrogens is 4. The van der Waals surface area contributed by atoms with Crippen molar-refractivity contribution in [3.8, 4) is 5.69 Å². The second-order valence-corrected chi connectivity index (χ2v) is 12.2. The van der Waals surface area contributed by atoms with Crippen molar-refractivity contribution < 1.29 is 12.8 Å². The first-order valence-electron chi connectivity index (χ1n) is 12.5. The highest BCUT2D eigenvalue weighted by Crippen LogP contribution is 2.34. The molecule has 1 aliphatic rings. The van der Waals surface area contributed by atoms with Gasteiger partial charge in [-0.3, -0.25) is 9.58 Å². The summed E-state index contributed by atoms with van der Waals surface area (Å²) in [7, 11) is -1.93. The Labute approximate surface area is 217 Å². The lowest BCUT2D eigenvalue weighted by atomic mass is 9.96. The Morgan fingerprint density at radius 1 is 1.05 bits per heavy atom. The molecule has 37 heavy (non-hydrogen) atoms. The first kappa shape index (κ1) is 25.6. The summed E-state index contributed by atoms with van der Waals surface area (Å²) in [6.07, 6.45) is 3.26. The van der Waals surface area contributed by atoms with Gasteiger partial charge in [-0.15, -0.1) is 0 Å². The minimum absolute atomic E-state index is 0.0959. The lowest BCUT2D eigenvalue weighted by Crippen LogP contribution is -2.51. The van der Waals surface area contributed by atoms with Crippen molar-refractivity contribution in [3.05, 3.63) is 71.4 Å². The third-order valence-electron chi connectivity index (χ3n) is 7.25. The molecule has 1 aliphatic heterocycles. The van der Waals surface area contributed by atoms with E-state index in [1.165, 1.54) is 18.3 Å². The molecule has 0 amide bonds. The molecular weight excluding hydrogens is 491 g/mol. The molecule has 0 N–H and O–H groups in total. The third kappa shape index (κ3) is 4.69. The second-order valence-electron chi connectivity index (χ2n) is 10.3. The molecule has 0 unspecified atom stereocenters. The fraction of sp³-hybridized carbons (Fsp3) is 0.407. The van der Waals surface area contributed by atoms with E-state index in [9.17, 15) is 12.8 Å². The molecule has 1 fully saturated rings. The number of fused-ring (bicyclic) bond motifs is 1. The van der Waals surface area contributed by atoms with Crippen LogP contribution in [0.15, 0.2) is 53.7 Å². The molecule has 10 heteroatoms. The molecule has 2 aromatic carbocycles. The Balaban J connectivity index is 1.54. The summed E-state index contributed by atoms with van der Waals surface area (Å²) >= 11 is 0. The van der Waals surface area contributed by atoms with Crippen LogP contribution < -0.4 is 0 Å². The van der Waals surface area contributed by atoms with Gasteiger partial charge in [0, 0.05) is 44.7 Å². The average Bonchev–Trinajstić information content (AvgIpc) is 3.41. The molecule has 8 nitrogen and oxygen atoms in total. The summed E-state index contributed by atoms with van der Waals surface area (Å²) in [5.41, 5.74) is 4.50. The summed E-state index contributed by atoms with van der Waals surface area (Å²) in [6, 6.07) is 10.4. The minimum atomic E-state index is -3.68. The van der Waals surface area contributed by atoms with Gasteiger partial charge in [0.2, 0.25) is 10.0 Å². The number of piperazine rings is 1. The van der Waals surface area contributed by atoms with Crippen molar-refractivity contribution in [2.45, 2.75) is 38.6 Å². The van der Waals surface area contributed by atoms with Crippen LogP contribution in [0.3, 0.4) is 0 Å². The van der Waals surface area contributed by atoms with E-state index >= 15 is 0 Å². The maximum atomic E-state index is 13.6. The maximum Gasteiger partial charge on any atom is 0.246 e. The normalized spacial score (nSPS) is 17.8. The number of nitrogens with zero attached hydrogens (tertiary/aromatic N) is 6. The van der Waals surface area contributed by atoms with Crippen LogP contribution in [-0.2, 0) is 17.1 Å². The van der Waals surface area contributed by atoms with Gasteiger partial charge in [0.1, 0.15) is 10.7 Å². The molecule has 0 spiro atoms. The van der Waals surface area contributed by atoms with E-state index < -0.39 is 10.0 Å². The van der Waals surface area contributed by atoms with Gasteiger partial charge in [-0.05, 0) is 67.3 Å². The fourth-order valence-corrected chi connectivity index (χ4v) is 6.83. The second kappa shape index (κ2) is 9.66. The van der Waals surface area contributed by atoms with Gasteiger partial charge in [-0.1, -0.05) is 13.8 Å². The van der Waals surface area contributed by atoms with Gasteiger partial charge >= 0.3 is 0 Å². The number of halogens is 1. The van der Waals surface area contributed by atoms with Crippen LogP contribution in [0.1, 0.15) is 36.7 Å². The topological polar surface area (TPSA) is 76.3 Å². The molecular formula is C27H33FN6O2S.